The van der Waals surface area contributed by atoms with Gasteiger partial charge in [0.2, 0.25) is 0 Å². The first kappa shape index (κ1) is 19.1. The Morgan fingerprint density at radius 2 is 1.62 bits per heavy atom. The smallest absolute Gasteiger partial charge is 0.455 e. The zero-order valence-electron chi connectivity index (χ0n) is 12.6. The van der Waals surface area contributed by atoms with Gasteiger partial charge in [-0.3, -0.25) is 4.79 Å². The third-order valence-corrected chi connectivity index (χ3v) is 3.02. The lowest BCUT2D eigenvalue weighted by Crippen LogP contribution is -2.30. The van der Waals surface area contributed by atoms with Crippen LogP contribution in [0.2, 0.25) is 0 Å². The summed E-state index contributed by atoms with van der Waals surface area (Å²) < 4.78 is 80.8. The molecule has 0 aliphatic heterocycles. The second kappa shape index (κ2) is 6.95. The van der Waals surface area contributed by atoms with Crippen molar-refractivity contribution in [3.8, 4) is 17.6 Å². The molecular weight excluding hydrogens is 366 g/mol. The number of hydrogen-bond acceptors (Lipinski definition) is 3. The summed E-state index contributed by atoms with van der Waals surface area (Å²) in [5.41, 5.74) is -1.79. The van der Waals surface area contributed by atoms with Crippen LogP contribution in [0, 0.1) is 11.3 Å². The average molecular weight is 374 g/mol. The Hall–Kier alpha value is -3.22. The highest BCUT2D eigenvalue weighted by Crippen LogP contribution is 2.37. The fourth-order valence-corrected chi connectivity index (χ4v) is 1.81. The number of carbonyl (C=O) groups is 1. The number of hydrogen-bond donors (Lipinski definition) is 1. The van der Waals surface area contributed by atoms with E-state index >= 15 is 0 Å². The summed E-state index contributed by atoms with van der Waals surface area (Å²) in [7, 11) is 0. The number of nitriles is 1. The van der Waals surface area contributed by atoms with Crippen LogP contribution in [0.25, 0.3) is 0 Å². The molecule has 0 saturated heterocycles. The van der Waals surface area contributed by atoms with Crippen molar-refractivity contribution in [3.63, 3.8) is 0 Å². The standard InChI is InChI=1S/C16H8F6N2O2/c17-15(18,19)10-3-6-13(12(7-10)24-14(25)16(20,21)22)26-11-4-1-9(8-23)2-5-11/h1-7H,(H,24,25). The van der Waals surface area contributed by atoms with Gasteiger partial charge < -0.3 is 10.1 Å². The van der Waals surface area contributed by atoms with Crippen molar-refractivity contribution in [2.24, 2.45) is 0 Å². The first-order valence-electron chi connectivity index (χ1n) is 6.78. The highest BCUT2D eigenvalue weighted by molar-refractivity contribution is 5.96. The van der Waals surface area contributed by atoms with Crippen molar-refractivity contribution < 1.29 is 35.9 Å². The molecule has 0 spiro atoms. The molecule has 2 aromatic carbocycles. The van der Waals surface area contributed by atoms with E-state index in [0.717, 1.165) is 6.07 Å². The normalized spacial score (nSPS) is 11.6. The van der Waals surface area contributed by atoms with Crippen molar-refractivity contribution in [2.45, 2.75) is 12.4 Å². The molecular formula is C16H8F6N2O2. The van der Waals surface area contributed by atoms with Gasteiger partial charge in [0.15, 0.2) is 5.75 Å². The number of halogens is 6. The Morgan fingerprint density at radius 3 is 2.12 bits per heavy atom. The molecule has 0 heterocycles. The largest absolute Gasteiger partial charge is 0.471 e. The Balaban J connectivity index is 2.40. The molecule has 1 amide bonds. The summed E-state index contributed by atoms with van der Waals surface area (Å²) in [5, 5.41) is 10.1. The number of rotatable bonds is 3. The third-order valence-electron chi connectivity index (χ3n) is 3.02. The number of nitrogens with one attached hydrogen (secondary N) is 1. The molecule has 0 aliphatic carbocycles. The Kier molecular flexibility index (Phi) is 5.11. The SMILES string of the molecule is N#Cc1ccc(Oc2ccc(C(F)(F)F)cc2NC(=O)C(F)(F)F)cc1. The van der Waals surface area contributed by atoms with E-state index in [9.17, 15) is 31.1 Å². The molecule has 2 aromatic rings. The number of nitrogens with zero attached hydrogens (tertiary/aromatic N) is 1. The van der Waals surface area contributed by atoms with E-state index in [1.165, 1.54) is 29.6 Å². The average Bonchev–Trinajstić information content (AvgIpc) is 2.55. The third kappa shape index (κ3) is 4.66. The fraction of sp³-hybridized carbons (Fsp3) is 0.125. The second-order valence-electron chi connectivity index (χ2n) is 4.90. The highest BCUT2D eigenvalue weighted by Gasteiger charge is 2.39. The molecule has 0 aliphatic rings. The minimum Gasteiger partial charge on any atom is -0.455 e. The van der Waals surface area contributed by atoms with Crippen LogP contribution < -0.4 is 10.1 Å². The van der Waals surface area contributed by atoms with Crippen LogP contribution >= 0.6 is 0 Å². The van der Waals surface area contributed by atoms with Crippen molar-refractivity contribution in [3.05, 3.63) is 53.6 Å². The molecule has 0 bridgehead atoms. The second-order valence-corrected chi connectivity index (χ2v) is 4.90. The predicted octanol–water partition coefficient (Wildman–Crippen LogP) is 4.87. The topological polar surface area (TPSA) is 62.1 Å². The first-order valence-corrected chi connectivity index (χ1v) is 6.78. The monoisotopic (exact) mass is 374 g/mol. The summed E-state index contributed by atoms with van der Waals surface area (Å²) in [4.78, 5) is 11.1. The zero-order valence-corrected chi connectivity index (χ0v) is 12.6. The van der Waals surface area contributed by atoms with Crippen LogP contribution in [-0.4, -0.2) is 12.1 Å². The van der Waals surface area contributed by atoms with Crippen molar-refractivity contribution in [1.82, 2.24) is 0 Å². The van der Waals surface area contributed by atoms with Crippen molar-refractivity contribution in [2.75, 3.05) is 5.32 Å². The molecule has 0 fully saturated rings. The quantitative estimate of drug-likeness (QED) is 0.780. The van der Waals surface area contributed by atoms with E-state index in [4.69, 9.17) is 10.00 Å². The number of carbonyl (C=O) groups excluding carboxylic acids is 1. The lowest BCUT2D eigenvalue weighted by molar-refractivity contribution is -0.167. The molecule has 0 atom stereocenters. The van der Waals surface area contributed by atoms with Crippen LogP contribution in [0.5, 0.6) is 11.5 Å². The summed E-state index contributed by atoms with van der Waals surface area (Å²) in [6.07, 6.45) is -10.1. The van der Waals surface area contributed by atoms with E-state index in [-0.39, 0.29) is 11.3 Å². The van der Waals surface area contributed by atoms with Crippen LogP contribution in [0.1, 0.15) is 11.1 Å². The van der Waals surface area contributed by atoms with Gasteiger partial charge in [-0.1, -0.05) is 0 Å². The van der Waals surface area contributed by atoms with Crippen LogP contribution in [0.3, 0.4) is 0 Å². The zero-order chi connectivity index (χ0) is 19.5. The van der Waals surface area contributed by atoms with E-state index in [1.807, 2.05) is 6.07 Å². The molecule has 4 nitrogen and oxygen atoms in total. The Labute approximate surface area is 142 Å². The fourth-order valence-electron chi connectivity index (χ4n) is 1.81. The number of anilines is 1. The van der Waals surface area contributed by atoms with Gasteiger partial charge in [-0.2, -0.15) is 31.6 Å². The summed E-state index contributed by atoms with van der Waals surface area (Å²) in [6, 6.07) is 8.83. The van der Waals surface area contributed by atoms with Gasteiger partial charge in [-0.05, 0) is 42.5 Å². The summed E-state index contributed by atoms with van der Waals surface area (Å²) >= 11 is 0. The lowest BCUT2D eigenvalue weighted by Gasteiger charge is -2.16. The van der Waals surface area contributed by atoms with E-state index in [1.54, 1.807) is 0 Å². The van der Waals surface area contributed by atoms with Crippen LogP contribution in [0.15, 0.2) is 42.5 Å². The van der Waals surface area contributed by atoms with Crippen molar-refractivity contribution >= 4 is 11.6 Å². The van der Waals surface area contributed by atoms with Gasteiger partial charge >= 0.3 is 18.3 Å². The number of ether oxygens (including phenoxy) is 1. The predicted molar refractivity (Wildman–Crippen MR) is 77.4 cm³/mol. The maximum Gasteiger partial charge on any atom is 0.471 e. The first-order chi connectivity index (χ1) is 12.0. The molecule has 10 heteroatoms. The minimum absolute atomic E-state index is 0.0475. The molecule has 136 valence electrons. The van der Waals surface area contributed by atoms with Crippen LogP contribution in [0.4, 0.5) is 32.0 Å². The van der Waals surface area contributed by atoms with E-state index in [0.29, 0.717) is 12.1 Å². The number of amides is 1. The molecule has 2 rings (SSSR count). The van der Waals surface area contributed by atoms with Crippen LogP contribution in [-0.2, 0) is 11.0 Å². The van der Waals surface area contributed by atoms with E-state index in [2.05, 4.69) is 0 Å². The number of alkyl halides is 6. The minimum atomic E-state index is -5.29. The molecule has 1 N–H and O–H groups in total. The van der Waals surface area contributed by atoms with Gasteiger partial charge in [0.1, 0.15) is 5.75 Å². The Bertz CT molecular complexity index is 851. The van der Waals surface area contributed by atoms with Gasteiger partial charge in [-0.25, -0.2) is 0 Å². The maximum atomic E-state index is 12.8. The van der Waals surface area contributed by atoms with Gasteiger partial charge in [0.25, 0.3) is 0 Å². The van der Waals surface area contributed by atoms with Gasteiger partial charge in [0.05, 0.1) is 22.9 Å². The molecule has 0 radical (unpaired) electrons. The van der Waals surface area contributed by atoms with Crippen molar-refractivity contribution in [1.29, 1.82) is 5.26 Å². The van der Waals surface area contributed by atoms with Gasteiger partial charge in [-0.15, -0.1) is 0 Å². The lowest BCUT2D eigenvalue weighted by atomic mass is 10.1. The molecule has 0 aromatic heterocycles. The number of benzene rings is 2. The molecule has 0 unspecified atom stereocenters. The molecule has 0 saturated carbocycles. The highest BCUT2D eigenvalue weighted by atomic mass is 19.4. The maximum absolute atomic E-state index is 12.8. The summed E-state index contributed by atoms with van der Waals surface area (Å²) in [5.74, 6) is -2.83. The Morgan fingerprint density at radius 1 is 1.00 bits per heavy atom. The van der Waals surface area contributed by atoms with E-state index < -0.39 is 35.3 Å². The molecule has 26 heavy (non-hydrogen) atoms. The van der Waals surface area contributed by atoms with Gasteiger partial charge in [0, 0.05) is 0 Å². The summed E-state index contributed by atoms with van der Waals surface area (Å²) in [6.45, 7) is 0.